The van der Waals surface area contributed by atoms with Gasteiger partial charge in [0.05, 0.1) is 6.61 Å². The van der Waals surface area contributed by atoms with E-state index in [1.165, 1.54) is 19.9 Å². The number of esters is 1. The van der Waals surface area contributed by atoms with Gasteiger partial charge < -0.3 is 13.7 Å². The molecule has 2 aromatic rings. The fraction of sp³-hybridized carbons (Fsp3) is 0.300. The molecule has 2 rings (SSSR count). The first-order chi connectivity index (χ1) is 14.4. The number of ketones is 1. The quantitative estimate of drug-likeness (QED) is 0.262. The molecule has 0 unspecified atom stereocenters. The molecule has 0 spiro atoms. The van der Waals surface area contributed by atoms with E-state index in [2.05, 4.69) is 8.92 Å². The van der Waals surface area contributed by atoms with Gasteiger partial charge in [-0.15, -0.1) is 0 Å². The van der Waals surface area contributed by atoms with Crippen molar-refractivity contribution in [3.63, 3.8) is 0 Å². The highest BCUT2D eigenvalue weighted by molar-refractivity contribution is 7.88. The lowest BCUT2D eigenvalue weighted by molar-refractivity contribution is -0.140. The topological polar surface area (TPSA) is 96.0 Å². The average Bonchev–Trinajstić information content (AvgIpc) is 2.66. The van der Waals surface area contributed by atoms with Crippen LogP contribution < -0.4 is 8.92 Å². The number of ether oxygens (including phenoxy) is 2. The van der Waals surface area contributed by atoms with Crippen molar-refractivity contribution in [2.75, 3.05) is 6.61 Å². The van der Waals surface area contributed by atoms with Crippen molar-refractivity contribution in [1.29, 1.82) is 0 Å². The van der Waals surface area contributed by atoms with Crippen molar-refractivity contribution in [3.8, 4) is 11.5 Å². The van der Waals surface area contributed by atoms with Gasteiger partial charge in [-0.05, 0) is 31.5 Å². The molecular weight excluding hydrogens is 441 g/mol. The lowest BCUT2D eigenvalue weighted by Crippen LogP contribution is -2.28. The Labute approximate surface area is 177 Å². The Hall–Kier alpha value is -3.08. The van der Waals surface area contributed by atoms with Crippen molar-refractivity contribution in [2.24, 2.45) is 0 Å². The van der Waals surface area contributed by atoms with E-state index in [-0.39, 0.29) is 23.9 Å². The summed E-state index contributed by atoms with van der Waals surface area (Å²) in [4.78, 5) is 21.3. The number of hydrogen-bond acceptors (Lipinski definition) is 7. The van der Waals surface area contributed by atoms with Crippen LogP contribution >= 0.6 is 0 Å². The molecule has 170 valence electrons. The number of Topliss-reactive ketones (excluding diaryl/α,β-unsaturated/α-hetero) is 1. The van der Waals surface area contributed by atoms with Crippen molar-refractivity contribution >= 4 is 21.9 Å². The minimum atomic E-state index is -5.84. The van der Waals surface area contributed by atoms with Crippen molar-refractivity contribution in [2.45, 2.75) is 32.9 Å². The van der Waals surface area contributed by atoms with E-state index in [9.17, 15) is 31.2 Å². The molecule has 7 nitrogen and oxygen atoms in total. The number of carbonyl (C=O) groups excluding carboxylic acids is 2. The van der Waals surface area contributed by atoms with Gasteiger partial charge in [0.1, 0.15) is 18.1 Å². The number of benzene rings is 2. The summed E-state index contributed by atoms with van der Waals surface area (Å²) in [5.41, 5.74) is -4.84. The normalized spacial score (nSPS) is 11.0. The second-order valence-corrected chi connectivity index (χ2v) is 7.47. The van der Waals surface area contributed by atoms with Crippen LogP contribution in [0.5, 0.6) is 11.5 Å². The second-order valence-electron chi connectivity index (χ2n) is 5.93. The third-order valence-electron chi connectivity index (χ3n) is 3.37. The van der Waals surface area contributed by atoms with Crippen LogP contribution in [0.3, 0.4) is 0 Å². The number of carbonyl (C=O) groups is 2. The molecule has 31 heavy (non-hydrogen) atoms. The van der Waals surface area contributed by atoms with Crippen LogP contribution in [-0.4, -0.2) is 32.3 Å². The van der Waals surface area contributed by atoms with E-state index < -0.39 is 27.2 Å². The van der Waals surface area contributed by atoms with E-state index in [0.29, 0.717) is 6.61 Å². The zero-order valence-electron chi connectivity index (χ0n) is 16.9. The highest BCUT2D eigenvalue weighted by atomic mass is 32.2. The first kappa shape index (κ1) is 26.0. The maximum atomic E-state index is 12.4. The van der Waals surface area contributed by atoms with Crippen LogP contribution in [0.2, 0.25) is 0 Å². The van der Waals surface area contributed by atoms with Gasteiger partial charge in [0.25, 0.3) is 0 Å². The van der Waals surface area contributed by atoms with E-state index in [4.69, 9.17) is 4.74 Å². The molecule has 0 aliphatic heterocycles. The Bertz CT molecular complexity index is 988. The summed E-state index contributed by atoms with van der Waals surface area (Å²) in [7, 11) is -5.84. The highest BCUT2D eigenvalue weighted by Gasteiger charge is 2.48. The van der Waals surface area contributed by atoms with Crippen molar-refractivity contribution in [1.82, 2.24) is 0 Å². The van der Waals surface area contributed by atoms with Gasteiger partial charge in [0.15, 0.2) is 5.78 Å². The highest BCUT2D eigenvalue weighted by Crippen LogP contribution is 2.30. The van der Waals surface area contributed by atoms with Crippen LogP contribution in [0.15, 0.2) is 48.5 Å². The van der Waals surface area contributed by atoms with Crippen LogP contribution in [0, 0.1) is 0 Å². The summed E-state index contributed by atoms with van der Waals surface area (Å²) in [6, 6.07) is 12.0. The van der Waals surface area contributed by atoms with E-state index in [1.54, 1.807) is 37.3 Å². The Balaban J connectivity index is 0.000000703. The molecule has 0 atom stereocenters. The molecule has 0 radical (unpaired) electrons. The summed E-state index contributed by atoms with van der Waals surface area (Å²) in [6.45, 7) is 4.91. The summed E-state index contributed by atoms with van der Waals surface area (Å²) in [5.74, 6) is -1.35. The first-order valence-electron chi connectivity index (χ1n) is 8.82. The number of halogens is 3. The molecule has 11 heteroatoms. The van der Waals surface area contributed by atoms with Gasteiger partial charge in [-0.1, -0.05) is 30.3 Å². The number of hydrogen-bond donors (Lipinski definition) is 0. The SMILES string of the molecule is CC(=O)c1cc(OCc2ccccc2)cc(OS(=O)(=O)C(F)(F)F)c1.CCOC(C)=O. The standard InChI is InChI=1S/C16H13F3O5S.C4H8O2/c1-11(20)13-7-14(23-10-12-5-3-2-4-6-12)9-15(8-13)24-25(21,22)16(17,18)19;1-3-6-4(2)5/h2-9H,10H2,1H3;3H2,1-2H3. The Morgan fingerprint density at radius 1 is 0.968 bits per heavy atom. The maximum absolute atomic E-state index is 12.4. The monoisotopic (exact) mass is 462 g/mol. The molecule has 0 aromatic heterocycles. The van der Waals surface area contributed by atoms with Gasteiger partial charge in [-0.25, -0.2) is 0 Å². The molecule has 0 fully saturated rings. The molecule has 0 amide bonds. The Kier molecular flexibility index (Phi) is 9.50. The van der Waals surface area contributed by atoms with Gasteiger partial charge in [0, 0.05) is 18.6 Å². The first-order valence-corrected chi connectivity index (χ1v) is 10.2. The largest absolute Gasteiger partial charge is 0.534 e. The Morgan fingerprint density at radius 3 is 2.00 bits per heavy atom. The maximum Gasteiger partial charge on any atom is 0.534 e. The third-order valence-corrected chi connectivity index (χ3v) is 4.35. The molecule has 0 N–H and O–H groups in total. The van der Waals surface area contributed by atoms with Crippen LogP contribution in [-0.2, 0) is 26.3 Å². The van der Waals surface area contributed by atoms with Crippen LogP contribution in [0.4, 0.5) is 13.2 Å². The molecule has 0 saturated heterocycles. The summed E-state index contributed by atoms with van der Waals surface area (Å²) in [5, 5.41) is 0. The Morgan fingerprint density at radius 2 is 1.55 bits per heavy atom. The summed E-state index contributed by atoms with van der Waals surface area (Å²) < 4.78 is 73.4. The predicted octanol–water partition coefficient (Wildman–Crippen LogP) is 4.27. The summed E-state index contributed by atoms with van der Waals surface area (Å²) in [6.07, 6.45) is 0. The van der Waals surface area contributed by atoms with Crippen molar-refractivity contribution in [3.05, 3.63) is 59.7 Å². The smallest absolute Gasteiger partial charge is 0.489 e. The van der Waals surface area contributed by atoms with E-state index in [1.807, 2.05) is 0 Å². The van der Waals surface area contributed by atoms with E-state index >= 15 is 0 Å². The molecule has 0 heterocycles. The van der Waals surface area contributed by atoms with Gasteiger partial charge >= 0.3 is 21.6 Å². The van der Waals surface area contributed by atoms with E-state index in [0.717, 1.165) is 17.7 Å². The predicted molar refractivity (Wildman–Crippen MR) is 105 cm³/mol. The molecule has 2 aromatic carbocycles. The van der Waals surface area contributed by atoms with Gasteiger partial charge in [0.2, 0.25) is 0 Å². The van der Waals surface area contributed by atoms with Crippen molar-refractivity contribution < 1.29 is 44.8 Å². The molecule has 0 saturated carbocycles. The fourth-order valence-corrected chi connectivity index (χ4v) is 2.47. The fourth-order valence-electron chi connectivity index (χ4n) is 2.02. The van der Waals surface area contributed by atoms with Gasteiger partial charge in [-0.3, -0.25) is 9.59 Å². The van der Waals surface area contributed by atoms with Crippen LogP contribution in [0.1, 0.15) is 36.7 Å². The molecular formula is C20H21F3O7S. The third kappa shape index (κ3) is 9.08. The van der Waals surface area contributed by atoms with Gasteiger partial charge in [-0.2, -0.15) is 21.6 Å². The minimum Gasteiger partial charge on any atom is -0.489 e. The zero-order valence-corrected chi connectivity index (χ0v) is 17.7. The molecule has 0 bridgehead atoms. The second kappa shape index (κ2) is 11.3. The lowest BCUT2D eigenvalue weighted by atomic mass is 10.1. The molecule has 0 aliphatic rings. The minimum absolute atomic E-state index is 0.00364. The average molecular weight is 462 g/mol. The summed E-state index contributed by atoms with van der Waals surface area (Å²) >= 11 is 0. The number of alkyl halides is 3. The van der Waals surface area contributed by atoms with Crippen LogP contribution in [0.25, 0.3) is 0 Å². The zero-order chi connectivity index (χ0) is 23.7. The molecule has 0 aliphatic carbocycles. The lowest BCUT2D eigenvalue weighted by Gasteiger charge is -2.12. The number of rotatable bonds is 7.